The molecule has 0 aromatic rings. The third kappa shape index (κ3) is 2.38. The van der Waals surface area contributed by atoms with Crippen LogP contribution in [0.4, 0.5) is 0 Å². The molecule has 3 heteroatoms. The number of nitriles is 1. The van der Waals surface area contributed by atoms with Crippen molar-refractivity contribution in [2.24, 2.45) is 0 Å². The molecule has 0 radical (unpaired) electrons. The minimum atomic E-state index is 0.436. The summed E-state index contributed by atoms with van der Waals surface area (Å²) in [6.45, 7) is 0. The number of nitrogens with one attached hydrogen (secondary N) is 1. The Morgan fingerprint density at radius 3 is 2.25 bits per heavy atom. The van der Waals surface area contributed by atoms with Crippen LogP contribution < -0.4 is 5.32 Å². The van der Waals surface area contributed by atoms with E-state index in [9.17, 15) is 0 Å². The molecule has 0 bridgehead atoms. The van der Waals surface area contributed by atoms with E-state index >= 15 is 0 Å². The van der Waals surface area contributed by atoms with Crippen LogP contribution in [0.5, 0.6) is 0 Å². The van der Waals surface area contributed by atoms with E-state index in [0.717, 1.165) is 18.9 Å². The molecule has 1 aliphatic rings. The van der Waals surface area contributed by atoms with E-state index in [-0.39, 0.29) is 0 Å². The van der Waals surface area contributed by atoms with E-state index < -0.39 is 0 Å². The molecule has 1 aliphatic carbocycles. The van der Waals surface area contributed by atoms with Gasteiger partial charge in [-0.15, -0.1) is 0 Å². The first-order valence-electron chi connectivity index (χ1n) is 4.55. The third-order valence-corrected chi connectivity index (χ3v) is 2.70. The van der Waals surface area contributed by atoms with Crippen molar-refractivity contribution in [1.29, 1.82) is 5.26 Å². The van der Waals surface area contributed by atoms with Gasteiger partial charge in [-0.1, -0.05) is 0 Å². The van der Waals surface area contributed by atoms with Gasteiger partial charge in [0.25, 0.3) is 0 Å². The first-order chi connectivity index (χ1) is 5.74. The lowest BCUT2D eigenvalue weighted by molar-refractivity contribution is 0.210. The van der Waals surface area contributed by atoms with Crippen molar-refractivity contribution < 1.29 is 0 Å². The molecule has 1 N–H and O–H groups in total. The molecule has 3 nitrogen and oxygen atoms in total. The summed E-state index contributed by atoms with van der Waals surface area (Å²) < 4.78 is 0. The maximum absolute atomic E-state index is 8.42. The van der Waals surface area contributed by atoms with Crippen LogP contribution in [0, 0.1) is 11.5 Å². The summed E-state index contributed by atoms with van der Waals surface area (Å²) in [6.07, 6.45) is 6.72. The Labute approximate surface area is 74.4 Å². The van der Waals surface area contributed by atoms with Gasteiger partial charge in [0.1, 0.15) is 0 Å². The fraction of sp³-hybridized carbons (Fsp3) is 0.889. The predicted octanol–water partition coefficient (Wildman–Crippen LogP) is 0.930. The van der Waals surface area contributed by atoms with Gasteiger partial charge in [-0.05, 0) is 39.8 Å². The van der Waals surface area contributed by atoms with E-state index in [1.165, 1.54) is 12.8 Å². The van der Waals surface area contributed by atoms with Gasteiger partial charge in [0.15, 0.2) is 6.19 Å². The topological polar surface area (TPSA) is 39.1 Å². The Kier molecular flexibility index (Phi) is 3.36. The van der Waals surface area contributed by atoms with Crippen LogP contribution in [0.1, 0.15) is 25.7 Å². The molecule has 12 heavy (non-hydrogen) atoms. The molecule has 0 amide bonds. The molecule has 0 aliphatic heterocycles. The Balaban J connectivity index is 2.26. The molecule has 68 valence electrons. The van der Waals surface area contributed by atoms with Crippen LogP contribution >= 0.6 is 0 Å². The average molecular weight is 167 g/mol. The van der Waals surface area contributed by atoms with Gasteiger partial charge in [0.2, 0.25) is 0 Å². The highest BCUT2D eigenvalue weighted by molar-refractivity contribution is 4.84. The van der Waals surface area contributed by atoms with Gasteiger partial charge in [0, 0.05) is 12.1 Å². The second kappa shape index (κ2) is 4.32. The fourth-order valence-electron chi connectivity index (χ4n) is 1.83. The van der Waals surface area contributed by atoms with Gasteiger partial charge < -0.3 is 10.2 Å². The minimum absolute atomic E-state index is 0.436. The zero-order valence-electron chi connectivity index (χ0n) is 7.88. The van der Waals surface area contributed by atoms with Gasteiger partial charge >= 0.3 is 0 Å². The van der Waals surface area contributed by atoms with Crippen molar-refractivity contribution in [3.63, 3.8) is 0 Å². The Morgan fingerprint density at radius 2 is 1.83 bits per heavy atom. The largest absolute Gasteiger partial charge is 0.321 e. The van der Waals surface area contributed by atoms with Gasteiger partial charge in [0.05, 0.1) is 0 Å². The maximum atomic E-state index is 8.42. The van der Waals surface area contributed by atoms with Crippen molar-refractivity contribution in [3.8, 4) is 6.19 Å². The monoisotopic (exact) mass is 167 g/mol. The van der Waals surface area contributed by atoms with Crippen molar-refractivity contribution in [3.05, 3.63) is 0 Å². The highest BCUT2D eigenvalue weighted by Gasteiger charge is 2.21. The number of nitrogens with zero attached hydrogens (tertiary/aromatic N) is 2. The zero-order valence-corrected chi connectivity index (χ0v) is 7.88. The summed E-state index contributed by atoms with van der Waals surface area (Å²) in [5.74, 6) is 0. The smallest absolute Gasteiger partial charge is 0.176 e. The summed E-state index contributed by atoms with van der Waals surface area (Å²) in [5, 5.41) is 11.3. The highest BCUT2D eigenvalue weighted by atomic mass is 15.1. The first kappa shape index (κ1) is 9.34. The molecule has 1 saturated carbocycles. The molecule has 0 saturated heterocycles. The second-order valence-electron chi connectivity index (χ2n) is 3.73. The quantitative estimate of drug-likeness (QED) is 0.491. The predicted molar refractivity (Wildman–Crippen MR) is 48.5 cm³/mol. The van der Waals surface area contributed by atoms with Gasteiger partial charge in [-0.3, -0.25) is 0 Å². The van der Waals surface area contributed by atoms with Crippen LogP contribution in [0.3, 0.4) is 0 Å². The third-order valence-electron chi connectivity index (χ3n) is 2.70. The molecule has 0 heterocycles. The molecule has 1 rings (SSSR count). The lowest BCUT2D eigenvalue weighted by atomic mass is 9.91. The molecule has 1 fully saturated rings. The Morgan fingerprint density at radius 1 is 1.25 bits per heavy atom. The molecule has 0 atom stereocenters. The SMILES string of the molecule is CN(C)C1CCC(NC#N)CC1. The van der Waals surface area contributed by atoms with E-state index in [0.29, 0.717) is 6.04 Å². The summed E-state index contributed by atoms with van der Waals surface area (Å²) in [5.41, 5.74) is 0. The summed E-state index contributed by atoms with van der Waals surface area (Å²) in [4.78, 5) is 2.28. The molecule has 0 aromatic heterocycles. The minimum Gasteiger partial charge on any atom is -0.321 e. The zero-order chi connectivity index (χ0) is 8.97. The van der Waals surface area contributed by atoms with E-state index in [1.54, 1.807) is 0 Å². The van der Waals surface area contributed by atoms with Crippen LogP contribution in [0.15, 0.2) is 0 Å². The molecular weight excluding hydrogens is 150 g/mol. The van der Waals surface area contributed by atoms with Crippen molar-refractivity contribution in [1.82, 2.24) is 10.2 Å². The van der Waals surface area contributed by atoms with Gasteiger partial charge in [-0.25, -0.2) is 0 Å². The number of hydrogen-bond donors (Lipinski definition) is 1. The van der Waals surface area contributed by atoms with E-state index in [1.807, 2.05) is 6.19 Å². The lowest BCUT2D eigenvalue weighted by Gasteiger charge is -2.31. The lowest BCUT2D eigenvalue weighted by Crippen LogP contribution is -2.37. The summed E-state index contributed by atoms with van der Waals surface area (Å²) >= 11 is 0. The highest BCUT2D eigenvalue weighted by Crippen LogP contribution is 2.21. The normalized spacial score (nSPS) is 29.8. The molecule has 0 unspecified atom stereocenters. The van der Waals surface area contributed by atoms with Crippen LogP contribution in [-0.2, 0) is 0 Å². The summed E-state index contributed by atoms with van der Waals surface area (Å²) in [7, 11) is 4.26. The van der Waals surface area contributed by atoms with Crippen molar-refractivity contribution >= 4 is 0 Å². The molecule has 0 aromatic carbocycles. The summed E-state index contributed by atoms with van der Waals surface area (Å²) in [6, 6.07) is 1.16. The number of rotatable bonds is 2. The van der Waals surface area contributed by atoms with Crippen molar-refractivity contribution in [2.75, 3.05) is 14.1 Å². The van der Waals surface area contributed by atoms with E-state index in [2.05, 4.69) is 24.3 Å². The van der Waals surface area contributed by atoms with Crippen LogP contribution in [0.2, 0.25) is 0 Å². The first-order valence-corrected chi connectivity index (χ1v) is 4.55. The van der Waals surface area contributed by atoms with Crippen molar-refractivity contribution in [2.45, 2.75) is 37.8 Å². The standard InChI is InChI=1S/C9H17N3/c1-12(2)9-5-3-8(4-6-9)11-7-10/h8-9,11H,3-6H2,1-2H3. The average Bonchev–Trinajstić information content (AvgIpc) is 2.06. The van der Waals surface area contributed by atoms with Crippen LogP contribution in [0.25, 0.3) is 0 Å². The maximum Gasteiger partial charge on any atom is 0.176 e. The number of hydrogen-bond acceptors (Lipinski definition) is 3. The molecular formula is C9H17N3. The van der Waals surface area contributed by atoms with Gasteiger partial charge in [-0.2, -0.15) is 5.26 Å². The fourth-order valence-corrected chi connectivity index (χ4v) is 1.83. The second-order valence-corrected chi connectivity index (χ2v) is 3.73. The Bertz CT molecular complexity index is 163. The Hall–Kier alpha value is -0.750. The van der Waals surface area contributed by atoms with E-state index in [4.69, 9.17) is 5.26 Å². The van der Waals surface area contributed by atoms with Crippen LogP contribution in [-0.4, -0.2) is 31.1 Å². The molecule has 0 spiro atoms.